The van der Waals surface area contributed by atoms with Gasteiger partial charge in [-0.05, 0) is 78.3 Å². The van der Waals surface area contributed by atoms with E-state index in [9.17, 15) is 10.2 Å². The highest BCUT2D eigenvalue weighted by molar-refractivity contribution is 5.40. The Morgan fingerprint density at radius 2 is 1.25 bits per heavy atom. The van der Waals surface area contributed by atoms with E-state index in [0.717, 1.165) is 30.4 Å². The highest BCUT2D eigenvalue weighted by Gasteiger charge is 2.25. The summed E-state index contributed by atoms with van der Waals surface area (Å²) in [6.07, 6.45) is 6.58. The minimum Gasteiger partial charge on any atom is -0.508 e. The van der Waals surface area contributed by atoms with Crippen molar-refractivity contribution in [2.75, 3.05) is 0 Å². The van der Waals surface area contributed by atoms with Crippen LogP contribution in [0.25, 0.3) is 0 Å². The largest absolute Gasteiger partial charge is 0.508 e. The Morgan fingerprint density at radius 1 is 0.792 bits per heavy atom. The number of benzene rings is 2. The second kappa shape index (κ2) is 7.29. The van der Waals surface area contributed by atoms with Gasteiger partial charge in [0.25, 0.3) is 0 Å². The predicted molar refractivity (Wildman–Crippen MR) is 98.9 cm³/mol. The first-order valence-corrected chi connectivity index (χ1v) is 9.25. The fourth-order valence-electron chi connectivity index (χ4n) is 4.08. The first-order chi connectivity index (χ1) is 11.6. The van der Waals surface area contributed by atoms with Crippen molar-refractivity contribution < 1.29 is 10.2 Å². The summed E-state index contributed by atoms with van der Waals surface area (Å²) < 4.78 is 0. The van der Waals surface area contributed by atoms with Crippen LogP contribution in [0.4, 0.5) is 0 Å². The summed E-state index contributed by atoms with van der Waals surface area (Å²) >= 11 is 0. The van der Waals surface area contributed by atoms with Crippen molar-refractivity contribution in [3.63, 3.8) is 0 Å². The van der Waals surface area contributed by atoms with Gasteiger partial charge < -0.3 is 10.2 Å². The lowest BCUT2D eigenvalue weighted by Gasteiger charge is -2.30. The Morgan fingerprint density at radius 3 is 1.67 bits per heavy atom. The van der Waals surface area contributed by atoms with Crippen LogP contribution in [0.15, 0.2) is 36.4 Å². The predicted octanol–water partition coefficient (Wildman–Crippen LogP) is 5.66. The lowest BCUT2D eigenvalue weighted by molar-refractivity contribution is 0.392. The second-order valence-corrected chi connectivity index (χ2v) is 7.04. The van der Waals surface area contributed by atoms with Crippen molar-refractivity contribution in [3.05, 3.63) is 58.7 Å². The van der Waals surface area contributed by atoms with Gasteiger partial charge >= 0.3 is 0 Å². The van der Waals surface area contributed by atoms with Crippen molar-refractivity contribution in [1.82, 2.24) is 0 Å². The van der Waals surface area contributed by atoms with Gasteiger partial charge in [0.05, 0.1) is 0 Å². The molecule has 2 aromatic carbocycles. The van der Waals surface area contributed by atoms with E-state index in [1.54, 1.807) is 0 Å². The number of hydrogen-bond acceptors (Lipinski definition) is 2. The van der Waals surface area contributed by atoms with E-state index in [-0.39, 0.29) is 0 Å². The molecule has 2 nitrogen and oxygen atoms in total. The molecule has 0 spiro atoms. The normalized spacial score (nSPS) is 20.9. The Kier molecular flexibility index (Phi) is 5.13. The molecule has 0 saturated heterocycles. The number of hydrogen-bond donors (Lipinski definition) is 2. The number of phenols is 2. The summed E-state index contributed by atoms with van der Waals surface area (Å²) in [6, 6.07) is 12.3. The third kappa shape index (κ3) is 3.43. The Labute approximate surface area is 145 Å². The average molecular weight is 324 g/mol. The highest BCUT2D eigenvalue weighted by atomic mass is 16.3. The molecular formula is C22H28O2. The summed E-state index contributed by atoms with van der Waals surface area (Å²) in [5.74, 6) is 1.96. The van der Waals surface area contributed by atoms with Crippen molar-refractivity contribution >= 4 is 0 Å². The maximum atomic E-state index is 9.92. The molecule has 2 heteroatoms. The van der Waals surface area contributed by atoms with Gasteiger partial charge in [-0.25, -0.2) is 0 Å². The maximum Gasteiger partial charge on any atom is 0.118 e. The van der Waals surface area contributed by atoms with E-state index in [0.29, 0.717) is 23.3 Å². The number of phenolic OH excluding ortho intramolecular Hbond substituents is 2. The molecule has 2 unspecified atom stereocenters. The Balaban J connectivity index is 1.82. The van der Waals surface area contributed by atoms with Crippen LogP contribution in [0.2, 0.25) is 0 Å². The first-order valence-electron chi connectivity index (χ1n) is 9.25. The number of rotatable bonds is 4. The van der Waals surface area contributed by atoms with Crippen LogP contribution in [0, 0.1) is 0 Å². The second-order valence-electron chi connectivity index (χ2n) is 7.04. The third-order valence-corrected chi connectivity index (χ3v) is 5.59. The van der Waals surface area contributed by atoms with Crippen molar-refractivity contribution in [2.45, 2.75) is 64.2 Å². The fraction of sp³-hybridized carbons (Fsp3) is 0.455. The molecule has 1 saturated carbocycles. The molecule has 2 atom stereocenters. The third-order valence-electron chi connectivity index (χ3n) is 5.59. The van der Waals surface area contributed by atoms with Crippen LogP contribution >= 0.6 is 0 Å². The molecule has 1 aliphatic carbocycles. The molecule has 0 bridgehead atoms. The summed E-state index contributed by atoms with van der Waals surface area (Å²) in [5.41, 5.74) is 4.83. The van der Waals surface area contributed by atoms with E-state index < -0.39 is 0 Å². The van der Waals surface area contributed by atoms with Gasteiger partial charge in [0.2, 0.25) is 0 Å². The molecule has 2 aromatic rings. The van der Waals surface area contributed by atoms with E-state index in [1.807, 2.05) is 12.1 Å². The lowest BCUT2D eigenvalue weighted by Crippen LogP contribution is -2.13. The number of aromatic hydroxyl groups is 2. The molecule has 3 rings (SSSR count). The van der Waals surface area contributed by atoms with Gasteiger partial charge in [-0.2, -0.15) is 0 Å². The van der Waals surface area contributed by atoms with Gasteiger partial charge in [0.1, 0.15) is 11.5 Å². The van der Waals surface area contributed by atoms with Gasteiger partial charge in [0.15, 0.2) is 0 Å². The minimum absolute atomic E-state index is 0.416. The molecule has 128 valence electrons. The van der Waals surface area contributed by atoms with Crippen LogP contribution in [0.1, 0.15) is 73.6 Å². The molecule has 0 aliphatic heterocycles. The molecule has 1 fully saturated rings. The van der Waals surface area contributed by atoms with Gasteiger partial charge in [0, 0.05) is 0 Å². The average Bonchev–Trinajstić information content (AvgIpc) is 2.62. The zero-order valence-electron chi connectivity index (χ0n) is 14.8. The van der Waals surface area contributed by atoms with Crippen LogP contribution in [0.3, 0.4) is 0 Å². The van der Waals surface area contributed by atoms with E-state index >= 15 is 0 Å². The number of aryl methyl sites for hydroxylation is 2. The van der Waals surface area contributed by atoms with Crippen molar-refractivity contribution in [2.24, 2.45) is 0 Å². The van der Waals surface area contributed by atoms with Crippen LogP contribution in [0.5, 0.6) is 11.5 Å². The molecule has 0 aromatic heterocycles. The minimum atomic E-state index is 0.416. The SMILES string of the molecule is CCc1cc(C2CCCC(c3ccc(O)c(CC)c3)C2)ccc1O. The summed E-state index contributed by atoms with van der Waals surface area (Å²) in [7, 11) is 0. The standard InChI is InChI=1S/C22H28O2/c1-3-15-12-19(8-10-21(15)23)17-6-5-7-18(14-17)20-9-11-22(24)16(4-2)13-20/h8-13,17-18,23-24H,3-7,14H2,1-2H3. The monoisotopic (exact) mass is 324 g/mol. The molecule has 0 radical (unpaired) electrons. The summed E-state index contributed by atoms with van der Waals surface area (Å²) in [5, 5.41) is 19.8. The zero-order valence-corrected chi connectivity index (χ0v) is 14.8. The van der Waals surface area contributed by atoms with E-state index in [2.05, 4.69) is 38.1 Å². The van der Waals surface area contributed by atoms with Gasteiger partial charge in [-0.1, -0.05) is 44.5 Å². The lowest BCUT2D eigenvalue weighted by atomic mass is 9.75. The van der Waals surface area contributed by atoms with Crippen LogP contribution in [-0.2, 0) is 12.8 Å². The summed E-state index contributed by atoms with van der Waals surface area (Å²) in [4.78, 5) is 0. The van der Waals surface area contributed by atoms with E-state index in [4.69, 9.17) is 0 Å². The topological polar surface area (TPSA) is 40.5 Å². The van der Waals surface area contributed by atoms with Crippen LogP contribution < -0.4 is 0 Å². The van der Waals surface area contributed by atoms with Crippen molar-refractivity contribution in [3.8, 4) is 11.5 Å². The molecule has 24 heavy (non-hydrogen) atoms. The molecule has 0 heterocycles. The maximum absolute atomic E-state index is 9.92. The first kappa shape index (κ1) is 16.9. The smallest absolute Gasteiger partial charge is 0.118 e. The zero-order chi connectivity index (χ0) is 17.1. The Hall–Kier alpha value is -1.96. The fourth-order valence-corrected chi connectivity index (χ4v) is 4.08. The molecule has 0 amide bonds. The van der Waals surface area contributed by atoms with Crippen LogP contribution in [-0.4, -0.2) is 10.2 Å². The summed E-state index contributed by atoms with van der Waals surface area (Å²) in [6.45, 7) is 4.18. The van der Waals surface area contributed by atoms with E-state index in [1.165, 1.54) is 30.4 Å². The van der Waals surface area contributed by atoms with Gasteiger partial charge in [-0.15, -0.1) is 0 Å². The molecule has 2 N–H and O–H groups in total. The molecule has 1 aliphatic rings. The highest BCUT2D eigenvalue weighted by Crippen LogP contribution is 2.42. The molecular weight excluding hydrogens is 296 g/mol. The van der Waals surface area contributed by atoms with Gasteiger partial charge in [-0.3, -0.25) is 0 Å². The quantitative estimate of drug-likeness (QED) is 0.761. The Bertz CT molecular complexity index is 646. The van der Waals surface area contributed by atoms with Crippen molar-refractivity contribution in [1.29, 1.82) is 0 Å².